The summed E-state index contributed by atoms with van der Waals surface area (Å²) in [5.74, 6) is 4.42. The lowest BCUT2D eigenvalue weighted by Gasteiger charge is -2.32. The van der Waals surface area contributed by atoms with Crippen LogP contribution in [0.1, 0.15) is 0 Å². The van der Waals surface area contributed by atoms with Crippen LogP contribution in [0.25, 0.3) is 0 Å². The van der Waals surface area contributed by atoms with Gasteiger partial charge in [-0.25, -0.2) is 5.28 Å². The Morgan fingerprint density at radius 3 is 2.00 bits per heavy atom. The summed E-state index contributed by atoms with van der Waals surface area (Å²) in [6.45, 7) is 0. The Morgan fingerprint density at radius 1 is 1.57 bits per heavy atom. The molecule has 7 heavy (non-hydrogen) atoms. The van der Waals surface area contributed by atoms with Crippen molar-refractivity contribution < 1.29 is 0 Å². The fourth-order valence-corrected chi connectivity index (χ4v) is 0.139. The molecular formula is CH6N4O2-2. The van der Waals surface area contributed by atoms with Crippen LogP contribution >= 0.6 is 0 Å². The Labute approximate surface area is 40.6 Å². The molecule has 0 aliphatic heterocycles. The fourth-order valence-electron chi connectivity index (χ4n) is 0.139. The molecule has 0 aromatic carbocycles. The molecule has 0 spiro atoms. The molecule has 0 aromatic rings. The molecule has 0 amide bonds. The molecule has 0 heterocycles. The molecule has 0 atom stereocenters. The van der Waals surface area contributed by atoms with E-state index in [9.17, 15) is 10.4 Å². The van der Waals surface area contributed by atoms with Crippen molar-refractivity contribution in [2.24, 2.45) is 5.84 Å². The van der Waals surface area contributed by atoms with E-state index in [0.717, 1.165) is 7.05 Å². The first-order chi connectivity index (χ1) is 3.13. The molecule has 0 fully saturated rings. The van der Waals surface area contributed by atoms with Gasteiger partial charge in [0.25, 0.3) is 0 Å². The molecule has 0 aliphatic rings. The Morgan fingerprint density at radius 2 is 2.00 bits per heavy atom. The molecule has 0 radical (unpaired) electrons. The van der Waals surface area contributed by atoms with Gasteiger partial charge in [0, 0.05) is 0 Å². The summed E-state index contributed by atoms with van der Waals surface area (Å²) in [4.78, 5) is 0. The Hall–Kier alpha value is -0.240. The molecule has 0 aromatic heterocycles. The molecule has 44 valence electrons. The van der Waals surface area contributed by atoms with Crippen LogP contribution in [0.5, 0.6) is 0 Å². The first-order valence-corrected chi connectivity index (χ1v) is 1.52. The van der Waals surface area contributed by atoms with E-state index in [1.54, 1.807) is 5.53 Å². The lowest BCUT2D eigenvalue weighted by molar-refractivity contribution is 0.128. The predicted molar refractivity (Wildman–Crippen MR) is 23.7 cm³/mol. The fraction of sp³-hybridized carbons (Fsp3) is 1.00. The van der Waals surface area contributed by atoms with E-state index in [1.807, 2.05) is 0 Å². The van der Waals surface area contributed by atoms with Crippen LogP contribution in [-0.4, -0.2) is 17.5 Å². The van der Waals surface area contributed by atoms with Crippen molar-refractivity contribution in [1.29, 1.82) is 0 Å². The van der Waals surface area contributed by atoms with Crippen LogP contribution in [0.15, 0.2) is 0 Å². The second-order valence-corrected chi connectivity index (χ2v) is 0.923. The van der Waals surface area contributed by atoms with Crippen LogP contribution in [0.3, 0.4) is 0 Å². The lowest BCUT2D eigenvalue weighted by Crippen LogP contribution is -2.45. The third kappa shape index (κ3) is 5.76. The Balaban J connectivity index is 2.95. The summed E-state index contributed by atoms with van der Waals surface area (Å²) < 4.78 is 0. The van der Waals surface area contributed by atoms with Gasteiger partial charge < -0.3 is 15.6 Å². The monoisotopic (exact) mass is 106 g/mol. The zero-order valence-electron chi connectivity index (χ0n) is 3.79. The molecule has 6 heteroatoms. The molecule has 0 unspecified atom stereocenters. The van der Waals surface area contributed by atoms with E-state index in [4.69, 9.17) is 0 Å². The zero-order valence-corrected chi connectivity index (χ0v) is 3.79. The van der Waals surface area contributed by atoms with E-state index in [0.29, 0.717) is 0 Å². The van der Waals surface area contributed by atoms with Gasteiger partial charge in [-0.1, -0.05) is 0 Å². The summed E-state index contributed by atoms with van der Waals surface area (Å²) in [5.41, 5.74) is 1.64. The maximum Gasteiger partial charge on any atom is -0.0107 e. The molecule has 0 saturated carbocycles. The highest BCUT2D eigenvalue weighted by Crippen LogP contribution is 1.63. The summed E-state index contributed by atoms with van der Waals surface area (Å²) in [7, 11) is 1.11. The highest BCUT2D eigenvalue weighted by molar-refractivity contribution is 4.35. The first-order valence-electron chi connectivity index (χ1n) is 1.52. The van der Waals surface area contributed by atoms with Gasteiger partial charge in [-0.15, -0.1) is 0 Å². The highest BCUT2D eigenvalue weighted by Gasteiger charge is 1.72. The maximum absolute atomic E-state index is 9.74. The molecular weight excluding hydrogens is 100 g/mol. The number of rotatable bonds is 2. The molecule has 3 N–H and O–H groups in total. The Kier molecular flexibility index (Phi) is 2.76. The van der Waals surface area contributed by atoms with E-state index >= 15 is 0 Å². The smallest absolute Gasteiger partial charge is 0.0107 e. The number of hydrazine groups is 3. The number of hydrogen-bond donors (Lipinski definition) is 2. The number of nitrogens with one attached hydrogen (secondary N) is 1. The van der Waals surface area contributed by atoms with Crippen molar-refractivity contribution in [3.05, 3.63) is 10.4 Å². The predicted octanol–water partition coefficient (Wildman–Crippen LogP) is -1.49. The first kappa shape index (κ1) is 6.76. The van der Waals surface area contributed by atoms with Crippen molar-refractivity contribution in [3.8, 4) is 0 Å². The Bertz CT molecular complexity index is 39.0. The average Bonchev–Trinajstić information content (AvgIpc) is 1.27. The van der Waals surface area contributed by atoms with Crippen LogP contribution in [0.2, 0.25) is 0 Å². The SMILES string of the molecule is CN([O-])NN(N)[O-]. The van der Waals surface area contributed by atoms with Crippen LogP contribution < -0.4 is 11.4 Å². The normalized spacial score (nSPS) is 11.1. The van der Waals surface area contributed by atoms with Gasteiger partial charge in [-0.05, 0) is 7.05 Å². The average molecular weight is 106 g/mol. The number of hydrogen-bond acceptors (Lipinski definition) is 6. The van der Waals surface area contributed by atoms with Crippen LogP contribution in [0, 0.1) is 10.4 Å². The maximum atomic E-state index is 9.74. The molecule has 0 rings (SSSR count). The zero-order chi connectivity index (χ0) is 5.86. The van der Waals surface area contributed by atoms with E-state index in [-0.39, 0.29) is 10.5 Å². The largest absolute Gasteiger partial charge is 0.771 e. The van der Waals surface area contributed by atoms with Crippen molar-refractivity contribution in [3.63, 3.8) is 0 Å². The van der Waals surface area contributed by atoms with E-state index in [1.165, 1.54) is 0 Å². The highest BCUT2D eigenvalue weighted by atomic mass is 16.6. The van der Waals surface area contributed by atoms with Gasteiger partial charge in [0.2, 0.25) is 0 Å². The topological polar surface area (TPSA) is 90.7 Å². The second-order valence-electron chi connectivity index (χ2n) is 0.923. The summed E-state index contributed by atoms with van der Waals surface area (Å²) in [6.07, 6.45) is 0. The molecule has 0 bridgehead atoms. The van der Waals surface area contributed by atoms with Gasteiger partial charge >= 0.3 is 0 Å². The second kappa shape index (κ2) is 2.86. The minimum Gasteiger partial charge on any atom is -0.771 e. The standard InChI is InChI=1S/CH6N4O2/c1-4(6)3-5(2)7/h3H,2H2,1H3/q-2. The van der Waals surface area contributed by atoms with Gasteiger partial charge in [0.1, 0.15) is 0 Å². The quantitative estimate of drug-likeness (QED) is 0.329. The van der Waals surface area contributed by atoms with Crippen LogP contribution in [-0.2, 0) is 0 Å². The third-order valence-electron chi connectivity index (χ3n) is 0.239. The third-order valence-corrected chi connectivity index (χ3v) is 0.239. The molecule has 0 saturated heterocycles. The van der Waals surface area contributed by atoms with Gasteiger partial charge in [-0.2, -0.15) is 5.53 Å². The minimum atomic E-state index is -0.188. The summed E-state index contributed by atoms with van der Waals surface area (Å²) in [6, 6.07) is 0. The summed E-state index contributed by atoms with van der Waals surface area (Å²) >= 11 is 0. The van der Waals surface area contributed by atoms with E-state index in [2.05, 4.69) is 5.84 Å². The van der Waals surface area contributed by atoms with Gasteiger partial charge in [-0.3, -0.25) is 5.84 Å². The van der Waals surface area contributed by atoms with Crippen molar-refractivity contribution in [1.82, 2.24) is 16.0 Å². The minimum absolute atomic E-state index is 0.188. The number of nitrogens with zero attached hydrogens (tertiary/aromatic N) is 2. The number of hydroxylamine groups is 1. The lowest BCUT2D eigenvalue weighted by atomic mass is 11.5. The van der Waals surface area contributed by atoms with Gasteiger partial charge in [0.15, 0.2) is 0 Å². The number of nitrogens with two attached hydrogens (primary N) is 1. The molecule has 6 nitrogen and oxygen atoms in total. The van der Waals surface area contributed by atoms with Crippen LogP contribution in [0.4, 0.5) is 0 Å². The molecule has 0 aliphatic carbocycles. The van der Waals surface area contributed by atoms with Crippen molar-refractivity contribution in [2.45, 2.75) is 0 Å². The summed E-state index contributed by atoms with van der Waals surface area (Å²) in [5, 5.41) is 19.3. The van der Waals surface area contributed by atoms with Crippen molar-refractivity contribution in [2.75, 3.05) is 7.05 Å². The van der Waals surface area contributed by atoms with E-state index < -0.39 is 0 Å². The van der Waals surface area contributed by atoms with Gasteiger partial charge in [0.05, 0.1) is 0 Å². The van der Waals surface area contributed by atoms with Crippen molar-refractivity contribution >= 4 is 0 Å².